The maximum absolute atomic E-state index is 8.96. The van der Waals surface area contributed by atoms with Crippen molar-refractivity contribution in [3.05, 3.63) is 17.5 Å². The largest absolute Gasteiger partial charge is 0.392 e. The lowest BCUT2D eigenvalue weighted by atomic mass is 10.2. The molecule has 1 aromatic rings. The van der Waals surface area contributed by atoms with Gasteiger partial charge in [-0.1, -0.05) is 6.92 Å². The van der Waals surface area contributed by atoms with Gasteiger partial charge in [0, 0.05) is 31.0 Å². The summed E-state index contributed by atoms with van der Waals surface area (Å²) < 4.78 is 0. The van der Waals surface area contributed by atoms with Gasteiger partial charge in [0.2, 0.25) is 5.95 Å². The normalized spacial score (nSPS) is 10.3. The molecule has 14 heavy (non-hydrogen) atoms. The van der Waals surface area contributed by atoms with E-state index in [9.17, 15) is 0 Å². The second-order valence-corrected chi connectivity index (χ2v) is 3.36. The molecule has 0 aliphatic rings. The Morgan fingerprint density at radius 3 is 2.71 bits per heavy atom. The number of anilines is 1. The fourth-order valence-electron chi connectivity index (χ4n) is 1.25. The highest BCUT2D eigenvalue weighted by molar-refractivity contribution is 5.31. The van der Waals surface area contributed by atoms with Crippen molar-refractivity contribution in [2.75, 3.05) is 18.5 Å². The van der Waals surface area contributed by atoms with Gasteiger partial charge in [0.05, 0.1) is 6.61 Å². The molecule has 0 saturated carbocycles. The summed E-state index contributed by atoms with van der Waals surface area (Å²) in [6, 6.07) is 0. The Kier molecular flexibility index (Phi) is 3.83. The molecule has 4 heteroatoms. The predicted octanol–water partition coefficient (Wildman–Crippen LogP) is 1.12. The predicted molar refractivity (Wildman–Crippen MR) is 56.3 cm³/mol. The van der Waals surface area contributed by atoms with Gasteiger partial charge >= 0.3 is 0 Å². The zero-order valence-electron chi connectivity index (χ0n) is 8.99. The van der Waals surface area contributed by atoms with Gasteiger partial charge in [0.15, 0.2) is 0 Å². The van der Waals surface area contributed by atoms with E-state index in [1.165, 1.54) is 0 Å². The number of aliphatic hydroxyl groups is 1. The zero-order chi connectivity index (χ0) is 10.6. The summed E-state index contributed by atoms with van der Waals surface area (Å²) in [5.74, 6) is 0.724. The minimum absolute atomic E-state index is 0.00358. The first-order valence-electron chi connectivity index (χ1n) is 4.83. The van der Waals surface area contributed by atoms with E-state index in [-0.39, 0.29) is 6.61 Å². The number of rotatable bonds is 4. The van der Waals surface area contributed by atoms with Gasteiger partial charge in [-0.2, -0.15) is 0 Å². The summed E-state index contributed by atoms with van der Waals surface area (Å²) in [4.78, 5) is 10.5. The van der Waals surface area contributed by atoms with Gasteiger partial charge < -0.3 is 10.0 Å². The smallest absolute Gasteiger partial charge is 0.225 e. The monoisotopic (exact) mass is 195 g/mol. The van der Waals surface area contributed by atoms with Crippen LogP contribution in [0.3, 0.4) is 0 Å². The van der Waals surface area contributed by atoms with Crippen LogP contribution in [0.2, 0.25) is 0 Å². The maximum Gasteiger partial charge on any atom is 0.225 e. The molecule has 1 N–H and O–H groups in total. The van der Waals surface area contributed by atoms with Crippen molar-refractivity contribution in [3.63, 3.8) is 0 Å². The van der Waals surface area contributed by atoms with Gasteiger partial charge in [-0.05, 0) is 13.3 Å². The summed E-state index contributed by atoms with van der Waals surface area (Å²) in [5, 5.41) is 8.96. The first kappa shape index (κ1) is 10.9. The fourth-order valence-corrected chi connectivity index (χ4v) is 1.25. The Morgan fingerprint density at radius 2 is 2.21 bits per heavy atom. The molecule has 1 rings (SSSR count). The number of aryl methyl sites for hydroxylation is 1. The van der Waals surface area contributed by atoms with E-state index in [4.69, 9.17) is 5.11 Å². The minimum atomic E-state index is 0.00358. The van der Waals surface area contributed by atoms with E-state index in [1.54, 1.807) is 6.20 Å². The summed E-state index contributed by atoms with van der Waals surface area (Å²) in [5.41, 5.74) is 1.64. The molecule has 0 atom stereocenters. The third-order valence-electron chi connectivity index (χ3n) is 2.14. The molecule has 0 unspecified atom stereocenters. The molecular weight excluding hydrogens is 178 g/mol. The second-order valence-electron chi connectivity index (χ2n) is 3.36. The Labute approximate surface area is 84.6 Å². The van der Waals surface area contributed by atoms with E-state index in [2.05, 4.69) is 16.9 Å². The van der Waals surface area contributed by atoms with Gasteiger partial charge in [0.25, 0.3) is 0 Å². The minimum Gasteiger partial charge on any atom is -0.392 e. The SMILES string of the molecule is CCCN(C)c1ncc(CO)c(C)n1. The summed E-state index contributed by atoms with van der Waals surface area (Å²) in [6.07, 6.45) is 2.75. The van der Waals surface area contributed by atoms with E-state index < -0.39 is 0 Å². The maximum atomic E-state index is 8.96. The Morgan fingerprint density at radius 1 is 1.50 bits per heavy atom. The van der Waals surface area contributed by atoms with Crippen LogP contribution in [0, 0.1) is 6.92 Å². The van der Waals surface area contributed by atoms with Crippen LogP contribution in [-0.4, -0.2) is 28.7 Å². The lowest BCUT2D eigenvalue weighted by Crippen LogP contribution is -2.21. The number of hydrogen-bond acceptors (Lipinski definition) is 4. The number of aromatic nitrogens is 2. The summed E-state index contributed by atoms with van der Waals surface area (Å²) in [7, 11) is 1.97. The van der Waals surface area contributed by atoms with Crippen LogP contribution in [0.25, 0.3) is 0 Å². The molecule has 0 fully saturated rings. The van der Waals surface area contributed by atoms with Gasteiger partial charge in [-0.3, -0.25) is 0 Å². The number of hydrogen-bond donors (Lipinski definition) is 1. The zero-order valence-corrected chi connectivity index (χ0v) is 8.99. The third-order valence-corrected chi connectivity index (χ3v) is 2.14. The molecule has 0 spiro atoms. The van der Waals surface area contributed by atoms with Crippen molar-refractivity contribution in [1.29, 1.82) is 0 Å². The van der Waals surface area contributed by atoms with Crippen molar-refractivity contribution >= 4 is 5.95 Å². The number of nitrogens with zero attached hydrogens (tertiary/aromatic N) is 3. The Bertz CT molecular complexity index is 301. The lowest BCUT2D eigenvalue weighted by molar-refractivity contribution is 0.280. The van der Waals surface area contributed by atoms with Crippen LogP contribution in [0.15, 0.2) is 6.20 Å². The molecule has 0 aromatic carbocycles. The van der Waals surface area contributed by atoms with Crippen LogP contribution < -0.4 is 4.90 Å². The first-order chi connectivity index (χ1) is 6.69. The van der Waals surface area contributed by atoms with Crippen molar-refractivity contribution in [1.82, 2.24) is 9.97 Å². The molecule has 0 bridgehead atoms. The Hall–Kier alpha value is -1.16. The molecular formula is C10H17N3O. The van der Waals surface area contributed by atoms with Crippen molar-refractivity contribution in [2.45, 2.75) is 26.9 Å². The topological polar surface area (TPSA) is 49.2 Å². The molecule has 0 aliphatic carbocycles. The van der Waals surface area contributed by atoms with Crippen LogP contribution in [0.4, 0.5) is 5.95 Å². The third kappa shape index (κ3) is 2.42. The van der Waals surface area contributed by atoms with Crippen molar-refractivity contribution in [3.8, 4) is 0 Å². The van der Waals surface area contributed by atoms with E-state index in [1.807, 2.05) is 18.9 Å². The van der Waals surface area contributed by atoms with Crippen molar-refractivity contribution < 1.29 is 5.11 Å². The molecule has 4 nitrogen and oxygen atoms in total. The average molecular weight is 195 g/mol. The van der Waals surface area contributed by atoms with Crippen LogP contribution in [-0.2, 0) is 6.61 Å². The molecule has 0 aliphatic heterocycles. The molecule has 78 valence electrons. The molecule has 0 radical (unpaired) electrons. The van der Waals surface area contributed by atoms with Crippen LogP contribution in [0.5, 0.6) is 0 Å². The molecule has 1 aromatic heterocycles. The Balaban J connectivity index is 2.85. The fraction of sp³-hybridized carbons (Fsp3) is 0.600. The quantitative estimate of drug-likeness (QED) is 0.782. The van der Waals surface area contributed by atoms with Gasteiger partial charge in [-0.25, -0.2) is 9.97 Å². The molecule has 1 heterocycles. The van der Waals surface area contributed by atoms with Crippen LogP contribution in [0.1, 0.15) is 24.6 Å². The molecule has 0 saturated heterocycles. The van der Waals surface area contributed by atoms with E-state index >= 15 is 0 Å². The average Bonchev–Trinajstić information content (AvgIpc) is 2.18. The van der Waals surface area contributed by atoms with Crippen molar-refractivity contribution in [2.24, 2.45) is 0 Å². The highest BCUT2D eigenvalue weighted by atomic mass is 16.3. The molecule has 0 amide bonds. The highest BCUT2D eigenvalue weighted by Crippen LogP contribution is 2.09. The second kappa shape index (κ2) is 4.91. The number of aliphatic hydroxyl groups excluding tert-OH is 1. The van der Waals surface area contributed by atoms with E-state index in [0.29, 0.717) is 0 Å². The van der Waals surface area contributed by atoms with Crippen LogP contribution >= 0.6 is 0 Å². The summed E-state index contributed by atoms with van der Waals surface area (Å²) >= 11 is 0. The van der Waals surface area contributed by atoms with Gasteiger partial charge in [-0.15, -0.1) is 0 Å². The van der Waals surface area contributed by atoms with E-state index in [0.717, 1.165) is 30.2 Å². The highest BCUT2D eigenvalue weighted by Gasteiger charge is 2.05. The van der Waals surface area contributed by atoms with Gasteiger partial charge in [0.1, 0.15) is 0 Å². The standard InChI is InChI=1S/C10H17N3O/c1-4-5-13(3)10-11-6-9(7-14)8(2)12-10/h6,14H,4-5,7H2,1-3H3. The first-order valence-corrected chi connectivity index (χ1v) is 4.83. The lowest BCUT2D eigenvalue weighted by Gasteiger charge is -2.16. The summed E-state index contributed by atoms with van der Waals surface area (Å²) in [6.45, 7) is 4.95.